The van der Waals surface area contributed by atoms with Crippen molar-refractivity contribution < 1.29 is 4.39 Å². The molecule has 86 valence electrons. The molecule has 2 aromatic carbocycles. The number of hydrogen-bond acceptors (Lipinski definition) is 2. The topological polar surface area (TPSA) is 52.0 Å². The Bertz CT molecular complexity index is 524. The standard InChI is InChI=1S/C14H13FN2/c15-13-8-11(16)9-14(17)12(13)7-6-10-4-2-1-3-5-10/h1-9H,16-17H2. The summed E-state index contributed by atoms with van der Waals surface area (Å²) in [6.45, 7) is 0. The van der Waals surface area contributed by atoms with Crippen molar-refractivity contribution in [2.24, 2.45) is 0 Å². The third kappa shape index (κ3) is 2.64. The van der Waals surface area contributed by atoms with E-state index in [2.05, 4.69) is 0 Å². The molecule has 0 radical (unpaired) electrons. The van der Waals surface area contributed by atoms with Crippen LogP contribution < -0.4 is 11.5 Å². The van der Waals surface area contributed by atoms with Crippen molar-refractivity contribution in [2.45, 2.75) is 0 Å². The van der Waals surface area contributed by atoms with Crippen molar-refractivity contribution in [1.82, 2.24) is 0 Å². The lowest BCUT2D eigenvalue weighted by Gasteiger charge is -2.03. The zero-order valence-corrected chi connectivity index (χ0v) is 9.23. The molecule has 0 heterocycles. The maximum absolute atomic E-state index is 13.6. The number of rotatable bonds is 2. The van der Waals surface area contributed by atoms with Crippen molar-refractivity contribution in [3.63, 3.8) is 0 Å². The molecule has 0 aromatic heterocycles. The van der Waals surface area contributed by atoms with Crippen molar-refractivity contribution in [1.29, 1.82) is 0 Å². The van der Waals surface area contributed by atoms with E-state index in [0.717, 1.165) is 5.56 Å². The Labute approximate surface area is 99.4 Å². The van der Waals surface area contributed by atoms with Gasteiger partial charge < -0.3 is 11.5 Å². The van der Waals surface area contributed by atoms with Gasteiger partial charge in [0.2, 0.25) is 0 Å². The Balaban J connectivity index is 2.34. The second-order valence-electron chi connectivity index (χ2n) is 3.75. The molecule has 0 atom stereocenters. The van der Waals surface area contributed by atoms with E-state index >= 15 is 0 Å². The molecule has 0 spiro atoms. The summed E-state index contributed by atoms with van der Waals surface area (Å²) in [5.41, 5.74) is 13.2. The summed E-state index contributed by atoms with van der Waals surface area (Å²) >= 11 is 0. The molecule has 2 aromatic rings. The van der Waals surface area contributed by atoms with E-state index in [1.54, 1.807) is 12.1 Å². The van der Waals surface area contributed by atoms with Gasteiger partial charge in [-0.1, -0.05) is 36.4 Å². The Morgan fingerprint density at radius 3 is 2.29 bits per heavy atom. The van der Waals surface area contributed by atoms with Crippen LogP contribution in [-0.4, -0.2) is 0 Å². The van der Waals surface area contributed by atoms with Gasteiger partial charge in [0.1, 0.15) is 5.82 Å². The molecule has 0 aliphatic rings. The number of benzene rings is 2. The highest BCUT2D eigenvalue weighted by molar-refractivity contribution is 5.77. The molecule has 17 heavy (non-hydrogen) atoms. The molecule has 0 bridgehead atoms. The van der Waals surface area contributed by atoms with Crippen LogP contribution in [0, 0.1) is 5.82 Å². The Morgan fingerprint density at radius 2 is 1.65 bits per heavy atom. The Kier molecular flexibility index (Phi) is 3.10. The van der Waals surface area contributed by atoms with Crippen LogP contribution in [0.3, 0.4) is 0 Å². The predicted molar refractivity (Wildman–Crippen MR) is 70.6 cm³/mol. The number of anilines is 2. The Hall–Kier alpha value is -2.29. The predicted octanol–water partition coefficient (Wildman–Crippen LogP) is 3.16. The molecule has 0 amide bonds. The summed E-state index contributed by atoms with van der Waals surface area (Å²) in [4.78, 5) is 0. The van der Waals surface area contributed by atoms with E-state index in [9.17, 15) is 4.39 Å². The SMILES string of the molecule is Nc1cc(N)c(C=Cc2ccccc2)c(F)c1. The first-order valence-electron chi connectivity index (χ1n) is 5.24. The van der Waals surface area contributed by atoms with Crippen LogP contribution in [-0.2, 0) is 0 Å². The van der Waals surface area contributed by atoms with Crippen LogP contribution >= 0.6 is 0 Å². The molecule has 2 nitrogen and oxygen atoms in total. The minimum absolute atomic E-state index is 0.330. The van der Waals surface area contributed by atoms with Gasteiger partial charge in [-0.3, -0.25) is 0 Å². The van der Waals surface area contributed by atoms with Crippen LogP contribution in [0.4, 0.5) is 15.8 Å². The minimum Gasteiger partial charge on any atom is -0.399 e. The summed E-state index contributed by atoms with van der Waals surface area (Å²) in [5.74, 6) is -0.408. The Morgan fingerprint density at radius 1 is 0.941 bits per heavy atom. The number of hydrogen-bond donors (Lipinski definition) is 2. The lowest BCUT2D eigenvalue weighted by atomic mass is 10.1. The van der Waals surface area contributed by atoms with Gasteiger partial charge >= 0.3 is 0 Å². The van der Waals surface area contributed by atoms with Crippen LogP contribution in [0.1, 0.15) is 11.1 Å². The molecule has 2 rings (SSSR count). The van der Waals surface area contributed by atoms with Crippen LogP contribution in [0.2, 0.25) is 0 Å². The quantitative estimate of drug-likeness (QED) is 0.612. The van der Waals surface area contributed by atoms with E-state index in [0.29, 0.717) is 16.9 Å². The van der Waals surface area contributed by atoms with Crippen molar-refractivity contribution in [2.75, 3.05) is 11.5 Å². The fourth-order valence-electron chi connectivity index (χ4n) is 1.58. The summed E-state index contributed by atoms with van der Waals surface area (Å²) < 4.78 is 13.6. The van der Waals surface area contributed by atoms with E-state index in [1.807, 2.05) is 36.4 Å². The summed E-state index contributed by atoms with van der Waals surface area (Å²) in [6.07, 6.45) is 3.46. The molecule has 0 saturated heterocycles. The first kappa shape index (κ1) is 11.2. The van der Waals surface area contributed by atoms with Crippen molar-refractivity contribution in [3.8, 4) is 0 Å². The third-order valence-electron chi connectivity index (χ3n) is 2.43. The molecule has 0 unspecified atom stereocenters. The fourth-order valence-corrected chi connectivity index (χ4v) is 1.58. The van der Waals surface area contributed by atoms with Crippen LogP contribution in [0.25, 0.3) is 12.2 Å². The summed E-state index contributed by atoms with van der Waals surface area (Å²) in [5, 5.41) is 0. The maximum Gasteiger partial charge on any atom is 0.134 e. The molecule has 0 aliphatic heterocycles. The summed E-state index contributed by atoms with van der Waals surface area (Å²) in [7, 11) is 0. The lowest BCUT2D eigenvalue weighted by molar-refractivity contribution is 0.626. The van der Waals surface area contributed by atoms with Gasteiger partial charge in [-0.15, -0.1) is 0 Å². The van der Waals surface area contributed by atoms with Gasteiger partial charge in [0.25, 0.3) is 0 Å². The third-order valence-corrected chi connectivity index (χ3v) is 2.43. The summed E-state index contributed by atoms with van der Waals surface area (Å²) in [6, 6.07) is 12.4. The molecular formula is C14H13FN2. The number of nitrogens with two attached hydrogens (primary N) is 2. The highest BCUT2D eigenvalue weighted by atomic mass is 19.1. The highest BCUT2D eigenvalue weighted by Gasteiger charge is 2.04. The zero-order chi connectivity index (χ0) is 12.3. The van der Waals surface area contributed by atoms with Gasteiger partial charge in [-0.2, -0.15) is 0 Å². The van der Waals surface area contributed by atoms with Gasteiger partial charge in [0.05, 0.1) is 0 Å². The van der Waals surface area contributed by atoms with E-state index in [-0.39, 0.29) is 0 Å². The van der Waals surface area contributed by atoms with Crippen molar-refractivity contribution >= 4 is 23.5 Å². The number of nitrogen functional groups attached to an aromatic ring is 2. The lowest BCUT2D eigenvalue weighted by Crippen LogP contribution is -1.96. The maximum atomic E-state index is 13.6. The average Bonchev–Trinajstić information content (AvgIpc) is 2.29. The molecule has 3 heteroatoms. The van der Waals surface area contributed by atoms with Gasteiger partial charge in [0, 0.05) is 16.9 Å². The molecule has 0 saturated carbocycles. The monoisotopic (exact) mass is 228 g/mol. The molecule has 4 N–H and O–H groups in total. The van der Waals surface area contributed by atoms with Gasteiger partial charge in [-0.05, 0) is 23.8 Å². The van der Waals surface area contributed by atoms with Crippen LogP contribution in [0.15, 0.2) is 42.5 Å². The molecule has 0 aliphatic carbocycles. The zero-order valence-electron chi connectivity index (χ0n) is 9.23. The largest absolute Gasteiger partial charge is 0.399 e. The second-order valence-corrected chi connectivity index (χ2v) is 3.75. The van der Waals surface area contributed by atoms with E-state index < -0.39 is 5.82 Å². The second kappa shape index (κ2) is 4.70. The van der Waals surface area contributed by atoms with Gasteiger partial charge in [0.15, 0.2) is 0 Å². The van der Waals surface area contributed by atoms with E-state index in [4.69, 9.17) is 11.5 Å². The first-order valence-corrected chi connectivity index (χ1v) is 5.24. The van der Waals surface area contributed by atoms with Crippen molar-refractivity contribution in [3.05, 3.63) is 59.4 Å². The smallest absolute Gasteiger partial charge is 0.134 e. The van der Waals surface area contributed by atoms with E-state index in [1.165, 1.54) is 6.07 Å². The van der Waals surface area contributed by atoms with Gasteiger partial charge in [-0.25, -0.2) is 4.39 Å². The van der Waals surface area contributed by atoms with Crippen LogP contribution in [0.5, 0.6) is 0 Å². The highest BCUT2D eigenvalue weighted by Crippen LogP contribution is 2.22. The molecular weight excluding hydrogens is 215 g/mol. The molecule has 0 fully saturated rings. The fraction of sp³-hybridized carbons (Fsp3) is 0. The first-order chi connectivity index (χ1) is 8.16. The number of halogens is 1. The average molecular weight is 228 g/mol. The normalized spacial score (nSPS) is 10.9. The minimum atomic E-state index is -0.408.